The number of benzene rings is 4. The van der Waals surface area contributed by atoms with Crippen LogP contribution in [0.3, 0.4) is 0 Å². The van der Waals surface area contributed by atoms with Gasteiger partial charge in [0.1, 0.15) is 0 Å². The quantitative estimate of drug-likeness (QED) is 0.0252. The van der Waals surface area contributed by atoms with Crippen molar-refractivity contribution in [3.63, 3.8) is 0 Å². The monoisotopic (exact) mass is 958 g/mol. The van der Waals surface area contributed by atoms with E-state index < -0.39 is 0 Å². The molecule has 0 fully saturated rings. The SMILES string of the molecule is CCCCCCCCCCCCCCCCCCC1(CCCCCCCCCCCCCCCCCC)c2cc(C(=O)CBr)ccc2-c2ccc(N(c3ccccc3)c3ccccc3)cc21. The Hall–Kier alpha value is -3.17. The highest BCUT2D eigenvalue weighted by molar-refractivity contribution is 9.09. The standard InChI is InChI=1S/C63H92BrNO/c1-3-5-7-9-11-13-15-17-19-21-23-25-27-29-31-39-49-63(50-40-32-30-28-26-24-22-20-18-16-14-12-10-8-6-4-2)60-51-54(62(66)53-64)45-47-58(60)59-48-46-57(52-61(59)63)65(55-41-35-33-36-42-55)56-43-37-34-38-44-56/h33-38,41-48,51-52H,3-32,39-40,49-50,53H2,1-2H3. The van der Waals surface area contributed by atoms with Crippen molar-refractivity contribution in [2.45, 2.75) is 238 Å². The fourth-order valence-corrected chi connectivity index (χ4v) is 11.4. The van der Waals surface area contributed by atoms with Gasteiger partial charge in [0.05, 0.1) is 5.33 Å². The van der Waals surface area contributed by atoms with Crippen molar-refractivity contribution in [1.82, 2.24) is 0 Å². The molecule has 4 aromatic carbocycles. The van der Waals surface area contributed by atoms with Gasteiger partial charge in [-0.1, -0.05) is 290 Å². The second-order valence-corrected chi connectivity index (χ2v) is 20.8. The lowest BCUT2D eigenvalue weighted by Crippen LogP contribution is -2.26. The third-order valence-corrected chi connectivity index (χ3v) is 15.5. The molecule has 3 heteroatoms. The molecule has 0 unspecified atom stereocenters. The van der Waals surface area contributed by atoms with Crippen LogP contribution in [0, 0.1) is 0 Å². The number of carbonyl (C=O) groups excluding carboxylic acids is 1. The average Bonchev–Trinajstić information content (AvgIpc) is 3.62. The molecule has 0 saturated heterocycles. The molecule has 5 rings (SSSR count). The number of Topliss-reactive ketones (excluding diaryl/α,β-unsaturated/α-hetero) is 1. The van der Waals surface area contributed by atoms with E-state index in [9.17, 15) is 4.79 Å². The smallest absolute Gasteiger partial charge is 0.173 e. The number of ketones is 1. The maximum Gasteiger partial charge on any atom is 0.173 e. The van der Waals surface area contributed by atoms with Crippen molar-refractivity contribution >= 4 is 38.8 Å². The fraction of sp³-hybridized carbons (Fsp3) is 0.603. The van der Waals surface area contributed by atoms with Crippen LogP contribution in [0.1, 0.15) is 254 Å². The number of halogens is 1. The highest BCUT2D eigenvalue weighted by atomic mass is 79.9. The molecule has 0 atom stereocenters. The normalized spacial score (nSPS) is 12.7. The molecule has 66 heavy (non-hydrogen) atoms. The minimum absolute atomic E-state index is 0.117. The van der Waals surface area contributed by atoms with Crippen LogP contribution in [0.2, 0.25) is 0 Å². The molecule has 0 N–H and O–H groups in total. The molecule has 2 nitrogen and oxygen atoms in total. The first kappa shape index (κ1) is 53.8. The van der Waals surface area contributed by atoms with Gasteiger partial charge in [0.15, 0.2) is 5.78 Å². The zero-order chi connectivity index (χ0) is 46.3. The zero-order valence-corrected chi connectivity index (χ0v) is 43.8. The molecule has 1 aliphatic rings. The third-order valence-electron chi connectivity index (χ3n) is 15.0. The van der Waals surface area contributed by atoms with Crippen LogP contribution in [0.5, 0.6) is 0 Å². The Labute approximate surface area is 414 Å². The molecule has 1 aliphatic carbocycles. The summed E-state index contributed by atoms with van der Waals surface area (Å²) < 4.78 is 0. The molecule has 0 heterocycles. The van der Waals surface area contributed by atoms with Crippen molar-refractivity contribution in [1.29, 1.82) is 0 Å². The van der Waals surface area contributed by atoms with Crippen LogP contribution >= 0.6 is 15.9 Å². The lowest BCUT2D eigenvalue weighted by Gasteiger charge is -2.34. The summed E-state index contributed by atoms with van der Waals surface area (Å²) >= 11 is 3.51. The van der Waals surface area contributed by atoms with Crippen LogP contribution in [-0.2, 0) is 5.41 Å². The minimum Gasteiger partial charge on any atom is -0.310 e. The van der Waals surface area contributed by atoms with Crippen LogP contribution in [0.4, 0.5) is 17.1 Å². The Morgan fingerprint density at radius 3 is 1.09 bits per heavy atom. The molecule has 362 valence electrons. The molecule has 0 aliphatic heterocycles. The van der Waals surface area contributed by atoms with Crippen LogP contribution in [-0.4, -0.2) is 11.1 Å². The maximum absolute atomic E-state index is 13.3. The second kappa shape index (κ2) is 32.6. The maximum atomic E-state index is 13.3. The highest BCUT2D eigenvalue weighted by Gasteiger charge is 2.43. The van der Waals surface area contributed by atoms with E-state index in [0.29, 0.717) is 5.33 Å². The number of fused-ring (bicyclic) bond motifs is 3. The van der Waals surface area contributed by atoms with Gasteiger partial charge in [-0.25, -0.2) is 0 Å². The Balaban J connectivity index is 1.24. The number of alkyl halides is 1. The van der Waals surface area contributed by atoms with Gasteiger partial charge in [-0.3, -0.25) is 4.79 Å². The largest absolute Gasteiger partial charge is 0.310 e. The van der Waals surface area contributed by atoms with Gasteiger partial charge >= 0.3 is 0 Å². The van der Waals surface area contributed by atoms with Crippen molar-refractivity contribution in [2.75, 3.05) is 10.2 Å². The van der Waals surface area contributed by atoms with Crippen molar-refractivity contribution < 1.29 is 4.79 Å². The molecular weight excluding hydrogens is 867 g/mol. The molecule has 0 spiro atoms. The lowest BCUT2D eigenvalue weighted by atomic mass is 9.70. The average molecular weight is 959 g/mol. The van der Waals surface area contributed by atoms with E-state index in [1.54, 1.807) is 0 Å². The summed E-state index contributed by atoms with van der Waals surface area (Å²) in [5.74, 6) is 0.174. The van der Waals surface area contributed by atoms with Gasteiger partial charge in [-0.2, -0.15) is 0 Å². The number of hydrogen-bond acceptors (Lipinski definition) is 2. The summed E-state index contributed by atoms with van der Waals surface area (Å²) in [4.78, 5) is 15.8. The zero-order valence-electron chi connectivity index (χ0n) is 42.2. The first-order chi connectivity index (χ1) is 32.6. The Morgan fingerprint density at radius 1 is 0.394 bits per heavy atom. The van der Waals surface area contributed by atoms with E-state index in [-0.39, 0.29) is 11.2 Å². The van der Waals surface area contributed by atoms with Crippen LogP contribution in [0.25, 0.3) is 11.1 Å². The molecule has 0 bridgehead atoms. The van der Waals surface area contributed by atoms with Crippen molar-refractivity contribution in [3.8, 4) is 11.1 Å². The van der Waals surface area contributed by atoms with E-state index >= 15 is 0 Å². The van der Waals surface area contributed by atoms with E-state index in [0.717, 1.165) is 18.4 Å². The van der Waals surface area contributed by atoms with Crippen LogP contribution in [0.15, 0.2) is 97.1 Å². The Bertz CT molecular complexity index is 1790. The number of nitrogens with zero attached hydrogens (tertiary/aromatic N) is 1. The second-order valence-electron chi connectivity index (χ2n) is 20.2. The van der Waals surface area contributed by atoms with E-state index in [1.807, 2.05) is 0 Å². The number of hydrogen-bond donors (Lipinski definition) is 0. The number of para-hydroxylation sites is 2. The summed E-state index contributed by atoms with van der Waals surface area (Å²) in [6.07, 6.45) is 46.6. The topological polar surface area (TPSA) is 20.3 Å². The number of carbonyl (C=O) groups is 1. The third kappa shape index (κ3) is 17.7. The molecule has 0 saturated carbocycles. The van der Waals surface area contributed by atoms with E-state index in [1.165, 1.54) is 245 Å². The van der Waals surface area contributed by atoms with Gasteiger partial charge < -0.3 is 4.90 Å². The molecule has 0 amide bonds. The first-order valence-electron chi connectivity index (χ1n) is 27.9. The predicted octanol–water partition coefficient (Wildman–Crippen LogP) is 21.3. The van der Waals surface area contributed by atoms with Crippen molar-refractivity contribution in [2.24, 2.45) is 0 Å². The van der Waals surface area contributed by atoms with Crippen molar-refractivity contribution in [3.05, 3.63) is 114 Å². The van der Waals surface area contributed by atoms with E-state index in [4.69, 9.17) is 0 Å². The number of anilines is 3. The van der Waals surface area contributed by atoms with Gasteiger partial charge in [-0.15, -0.1) is 0 Å². The number of unbranched alkanes of at least 4 members (excludes halogenated alkanes) is 30. The van der Waals surface area contributed by atoms with Gasteiger partial charge in [0.2, 0.25) is 0 Å². The van der Waals surface area contributed by atoms with Gasteiger partial charge in [0, 0.05) is 28.0 Å². The Kier molecular flexibility index (Phi) is 26.5. The molecule has 0 aromatic heterocycles. The van der Waals surface area contributed by atoms with Gasteiger partial charge in [0.25, 0.3) is 0 Å². The predicted molar refractivity (Wildman–Crippen MR) is 294 cm³/mol. The fourth-order valence-electron chi connectivity index (χ4n) is 11.1. The summed E-state index contributed by atoms with van der Waals surface area (Å²) in [6, 6.07) is 35.7. The first-order valence-corrected chi connectivity index (χ1v) is 29.0. The molecular formula is C63H92BrNO. The summed E-state index contributed by atoms with van der Waals surface area (Å²) in [5.41, 5.74) is 9.84. The highest BCUT2D eigenvalue weighted by Crippen LogP contribution is 2.56. The lowest BCUT2D eigenvalue weighted by molar-refractivity contribution is 0.102. The summed E-state index contributed by atoms with van der Waals surface area (Å²) in [6.45, 7) is 4.61. The minimum atomic E-state index is -0.117. The Morgan fingerprint density at radius 2 is 0.727 bits per heavy atom. The summed E-state index contributed by atoms with van der Waals surface area (Å²) in [5, 5.41) is 0.358. The van der Waals surface area contributed by atoms with E-state index in [2.05, 4.69) is 132 Å². The molecule has 4 aromatic rings. The van der Waals surface area contributed by atoms with Crippen LogP contribution < -0.4 is 4.90 Å². The van der Waals surface area contributed by atoms with Gasteiger partial charge in [-0.05, 0) is 77.6 Å². The number of rotatable bonds is 39. The summed E-state index contributed by atoms with van der Waals surface area (Å²) in [7, 11) is 0. The molecule has 0 radical (unpaired) electrons.